The van der Waals surface area contributed by atoms with Crippen molar-refractivity contribution in [3.05, 3.63) is 70.9 Å². The number of carbonyl (C=O) groups is 1. The van der Waals surface area contributed by atoms with Gasteiger partial charge in [-0.15, -0.1) is 0 Å². The van der Waals surface area contributed by atoms with Crippen LogP contribution in [0.4, 0.5) is 5.82 Å². The second-order valence-electron chi connectivity index (χ2n) is 12.9. The van der Waals surface area contributed by atoms with Crippen LogP contribution in [0.15, 0.2) is 53.8 Å². The number of hydrogen-bond acceptors (Lipinski definition) is 11. The summed E-state index contributed by atoms with van der Waals surface area (Å²) in [6.07, 6.45) is 8.73. The minimum absolute atomic E-state index is 0.0343. The lowest BCUT2D eigenvalue weighted by atomic mass is 9.99. The number of carbonyl (C=O) groups excluding carboxylic acids is 1. The van der Waals surface area contributed by atoms with Crippen LogP contribution >= 0.6 is 23.5 Å². The van der Waals surface area contributed by atoms with E-state index in [4.69, 9.17) is 15.3 Å². The summed E-state index contributed by atoms with van der Waals surface area (Å²) in [6.45, 7) is 11.5. The van der Waals surface area contributed by atoms with Gasteiger partial charge in [0.05, 0.1) is 11.2 Å². The van der Waals surface area contributed by atoms with E-state index in [1.807, 2.05) is 18.7 Å². The maximum absolute atomic E-state index is 12.1. The number of ether oxygens (including phenoxy) is 1. The summed E-state index contributed by atoms with van der Waals surface area (Å²) in [7, 11) is 0. The Bertz CT molecular complexity index is 1750. The molecule has 5 rings (SSSR count). The molecule has 3 heterocycles. The maximum atomic E-state index is 12.1. The largest absolute Gasteiger partial charge is 0.492 e. The van der Waals surface area contributed by atoms with E-state index < -0.39 is 0 Å². The summed E-state index contributed by atoms with van der Waals surface area (Å²) in [6, 6.07) is 15.0. The average molecular weight is 718 g/mol. The molecule has 1 fully saturated rings. The van der Waals surface area contributed by atoms with Gasteiger partial charge in [-0.05, 0) is 98.7 Å². The van der Waals surface area contributed by atoms with Crippen LogP contribution in [-0.4, -0.2) is 114 Å². The minimum Gasteiger partial charge on any atom is -0.492 e. The molecule has 4 aromatic rings. The molecule has 0 saturated carbocycles. The Balaban J connectivity index is 0.978. The van der Waals surface area contributed by atoms with Crippen LogP contribution in [0.1, 0.15) is 28.7 Å². The molecule has 1 aliphatic rings. The lowest BCUT2D eigenvalue weighted by Gasteiger charge is -2.34. The quantitative estimate of drug-likeness (QED) is 0.0603. The lowest BCUT2D eigenvalue weighted by Crippen LogP contribution is -2.48. The summed E-state index contributed by atoms with van der Waals surface area (Å²) in [5.74, 6) is 2.91. The smallest absolute Gasteiger partial charge is 0.260 e. The molecule has 3 N–H and O–H groups in total. The number of piperazine rings is 1. The molecule has 1 amide bonds. The Kier molecular flexibility index (Phi) is 14.4. The molecule has 0 bridgehead atoms. The molecule has 12 heteroatoms. The number of rotatable bonds is 18. The molecule has 0 atom stereocenters. The van der Waals surface area contributed by atoms with Crippen molar-refractivity contribution < 1.29 is 14.4 Å². The van der Waals surface area contributed by atoms with E-state index >= 15 is 0 Å². The fourth-order valence-corrected chi connectivity index (χ4v) is 7.34. The van der Waals surface area contributed by atoms with Crippen molar-refractivity contribution in [2.75, 3.05) is 88.8 Å². The Morgan fingerprint density at radius 3 is 2.46 bits per heavy atom. The number of benzene rings is 2. The van der Waals surface area contributed by atoms with Crippen molar-refractivity contribution in [2.24, 2.45) is 5.16 Å². The molecule has 0 radical (unpaired) electrons. The Hall–Kier alpha value is -3.58. The standard InChI is InChI=1S/C38H51N7O3S2/c1-27-6-11-33-34-22-29(23-41-37(34)38(39)42-35(33)20-27)7-8-30-9-10-32(21-28(30)2)47-19-18-45-16-14-44(15-17-45)13-5-12-40-36(46)24-48-43-31(25-49-3)26-50-4/h6,9-11,20-23H,5,7-8,12-19,24-26H2,1-4H3,(H2,39,42)(H,40,46). The molecule has 50 heavy (non-hydrogen) atoms. The van der Waals surface area contributed by atoms with Crippen molar-refractivity contribution in [2.45, 2.75) is 33.1 Å². The second kappa shape index (κ2) is 19.1. The summed E-state index contributed by atoms with van der Waals surface area (Å²) in [5.41, 5.74) is 13.8. The van der Waals surface area contributed by atoms with Crippen LogP contribution in [0.2, 0.25) is 0 Å². The summed E-state index contributed by atoms with van der Waals surface area (Å²) < 4.78 is 6.17. The predicted octanol–water partition coefficient (Wildman–Crippen LogP) is 5.37. The normalized spacial score (nSPS) is 13.8. The lowest BCUT2D eigenvalue weighted by molar-refractivity contribution is -0.125. The van der Waals surface area contributed by atoms with Crippen LogP contribution in [0.25, 0.3) is 21.8 Å². The highest BCUT2D eigenvalue weighted by Gasteiger charge is 2.17. The Morgan fingerprint density at radius 2 is 1.72 bits per heavy atom. The predicted molar refractivity (Wildman–Crippen MR) is 211 cm³/mol. The van der Waals surface area contributed by atoms with Gasteiger partial charge in [-0.2, -0.15) is 23.5 Å². The molecule has 2 aromatic heterocycles. The van der Waals surface area contributed by atoms with Gasteiger partial charge in [0.2, 0.25) is 0 Å². The first kappa shape index (κ1) is 37.7. The van der Waals surface area contributed by atoms with Crippen LogP contribution < -0.4 is 15.8 Å². The molecule has 1 aliphatic heterocycles. The number of thioether (sulfide) groups is 2. The fourth-order valence-electron chi connectivity index (χ4n) is 6.24. The third-order valence-corrected chi connectivity index (χ3v) is 10.2. The molecule has 2 aromatic carbocycles. The van der Waals surface area contributed by atoms with Crippen LogP contribution in [-0.2, 0) is 22.5 Å². The van der Waals surface area contributed by atoms with E-state index in [2.05, 4.69) is 86.6 Å². The van der Waals surface area contributed by atoms with Crippen LogP contribution in [0.3, 0.4) is 0 Å². The van der Waals surface area contributed by atoms with E-state index in [0.717, 1.165) is 109 Å². The topological polar surface area (TPSA) is 118 Å². The zero-order valence-corrected chi connectivity index (χ0v) is 31.5. The highest BCUT2D eigenvalue weighted by Crippen LogP contribution is 2.28. The molecule has 10 nitrogen and oxygen atoms in total. The number of amides is 1. The van der Waals surface area contributed by atoms with Crippen molar-refractivity contribution in [1.29, 1.82) is 0 Å². The van der Waals surface area contributed by atoms with Crippen LogP contribution in [0.5, 0.6) is 5.75 Å². The summed E-state index contributed by atoms with van der Waals surface area (Å²) in [5, 5.41) is 9.20. The minimum atomic E-state index is -0.122. The highest BCUT2D eigenvalue weighted by atomic mass is 32.2. The van der Waals surface area contributed by atoms with Gasteiger partial charge in [-0.25, -0.2) is 4.98 Å². The highest BCUT2D eigenvalue weighted by molar-refractivity contribution is 8.00. The van der Waals surface area contributed by atoms with Gasteiger partial charge in [0.25, 0.3) is 5.91 Å². The third kappa shape index (κ3) is 11.0. The number of nitrogens with zero attached hydrogens (tertiary/aromatic N) is 5. The van der Waals surface area contributed by atoms with E-state index in [9.17, 15) is 4.79 Å². The molecule has 0 spiro atoms. The number of pyridine rings is 2. The molecule has 0 unspecified atom stereocenters. The molecule has 1 saturated heterocycles. The summed E-state index contributed by atoms with van der Waals surface area (Å²) in [4.78, 5) is 31.5. The van der Waals surface area contributed by atoms with E-state index in [-0.39, 0.29) is 12.5 Å². The zero-order chi connectivity index (χ0) is 35.3. The third-order valence-electron chi connectivity index (χ3n) is 8.99. The van der Waals surface area contributed by atoms with Gasteiger partial charge in [0, 0.05) is 67.7 Å². The Labute approximate surface area is 304 Å². The van der Waals surface area contributed by atoms with E-state index in [0.29, 0.717) is 19.0 Å². The van der Waals surface area contributed by atoms with Gasteiger partial charge >= 0.3 is 0 Å². The van der Waals surface area contributed by atoms with Gasteiger partial charge in [0.1, 0.15) is 17.9 Å². The SMILES string of the molecule is CSCC(CSC)=NOCC(=O)NCCCN1CCN(CCOc2ccc(CCc3cnc4c(N)nc5cc(C)ccc5c4c3)c(C)c2)CC1. The van der Waals surface area contributed by atoms with Crippen molar-refractivity contribution in [3.63, 3.8) is 0 Å². The number of nitrogens with one attached hydrogen (secondary N) is 1. The van der Waals surface area contributed by atoms with Gasteiger partial charge < -0.3 is 25.5 Å². The van der Waals surface area contributed by atoms with Crippen LogP contribution in [0, 0.1) is 13.8 Å². The second-order valence-corrected chi connectivity index (χ2v) is 14.6. The average Bonchev–Trinajstić information content (AvgIpc) is 3.10. The molecule has 268 valence electrons. The number of fused-ring (bicyclic) bond motifs is 3. The zero-order valence-electron chi connectivity index (χ0n) is 29.9. The number of hydrogen-bond donors (Lipinski definition) is 2. The van der Waals surface area contributed by atoms with Gasteiger partial charge in [-0.3, -0.25) is 14.7 Å². The van der Waals surface area contributed by atoms with Crippen molar-refractivity contribution in [1.82, 2.24) is 25.1 Å². The molecule has 0 aliphatic carbocycles. The number of nitrogens with two attached hydrogens (primary N) is 1. The maximum Gasteiger partial charge on any atom is 0.260 e. The first-order chi connectivity index (χ1) is 24.3. The number of anilines is 1. The van der Waals surface area contributed by atoms with E-state index in [1.54, 1.807) is 23.5 Å². The number of aryl methyl sites for hydroxylation is 4. The van der Waals surface area contributed by atoms with Crippen molar-refractivity contribution >= 4 is 62.8 Å². The first-order valence-corrected chi connectivity index (χ1v) is 20.2. The van der Waals surface area contributed by atoms with E-state index in [1.165, 1.54) is 16.7 Å². The molecular formula is C38H51N7O3S2. The van der Waals surface area contributed by atoms with Gasteiger partial charge in [-0.1, -0.05) is 23.4 Å². The Morgan fingerprint density at radius 1 is 0.960 bits per heavy atom. The first-order valence-electron chi connectivity index (χ1n) is 17.4. The van der Waals surface area contributed by atoms with Gasteiger partial charge in [0.15, 0.2) is 12.4 Å². The summed E-state index contributed by atoms with van der Waals surface area (Å²) >= 11 is 3.40. The number of nitrogen functional groups attached to an aromatic ring is 1. The monoisotopic (exact) mass is 717 g/mol. The fraction of sp³-hybridized carbons (Fsp3) is 0.474. The van der Waals surface area contributed by atoms with Crippen molar-refractivity contribution in [3.8, 4) is 5.75 Å². The number of oxime groups is 1. The molecular weight excluding hydrogens is 667 g/mol. The number of aromatic nitrogens is 2.